The highest BCUT2D eigenvalue weighted by Crippen LogP contribution is 2.27. The number of benzene rings is 2. The first-order valence-electron chi connectivity index (χ1n) is 8.05. The molecule has 2 rings (SSSR count). The van der Waals surface area contributed by atoms with E-state index in [0.717, 1.165) is 11.1 Å². The summed E-state index contributed by atoms with van der Waals surface area (Å²) in [5, 5.41) is 0. The van der Waals surface area contributed by atoms with Gasteiger partial charge in [-0.2, -0.15) is 0 Å². The van der Waals surface area contributed by atoms with Gasteiger partial charge in [0.05, 0.1) is 12.0 Å². The van der Waals surface area contributed by atoms with Gasteiger partial charge in [0, 0.05) is 4.47 Å². The Bertz CT molecular complexity index is 812. The van der Waals surface area contributed by atoms with Gasteiger partial charge in [-0.15, -0.1) is 0 Å². The number of halogens is 2. The van der Waals surface area contributed by atoms with Crippen LogP contribution in [0.4, 0.5) is 4.39 Å². The zero-order chi connectivity index (χ0) is 19.3. The minimum atomic E-state index is -0.709. The van der Waals surface area contributed by atoms with E-state index in [-0.39, 0.29) is 30.3 Å². The van der Waals surface area contributed by atoms with Crippen LogP contribution in [0.1, 0.15) is 42.3 Å². The molecule has 0 aliphatic rings. The Morgan fingerprint density at radius 1 is 1.19 bits per heavy atom. The molecule has 0 aromatic heterocycles. The fraction of sp³-hybridized carbons (Fsp3) is 0.300. The maximum absolute atomic E-state index is 14.2. The highest BCUT2D eigenvalue weighted by atomic mass is 79.9. The molecule has 138 valence electrons. The van der Waals surface area contributed by atoms with Crippen LogP contribution in [0.15, 0.2) is 40.9 Å². The second-order valence-corrected chi connectivity index (χ2v) is 7.62. The molecule has 26 heavy (non-hydrogen) atoms. The number of esters is 1. The van der Waals surface area contributed by atoms with Crippen LogP contribution in [0.2, 0.25) is 0 Å². The van der Waals surface area contributed by atoms with E-state index in [2.05, 4.69) is 15.9 Å². The maximum Gasteiger partial charge on any atom is 0.310 e. The van der Waals surface area contributed by atoms with Gasteiger partial charge in [-0.1, -0.05) is 24.3 Å². The van der Waals surface area contributed by atoms with Gasteiger partial charge in [-0.25, -0.2) is 4.39 Å². The van der Waals surface area contributed by atoms with Gasteiger partial charge in [0.25, 0.3) is 0 Å². The lowest BCUT2D eigenvalue weighted by Gasteiger charge is -2.19. The minimum absolute atomic E-state index is 0.00662. The van der Waals surface area contributed by atoms with Crippen molar-refractivity contribution in [1.29, 1.82) is 0 Å². The normalized spacial score (nSPS) is 11.1. The molecule has 0 unspecified atom stereocenters. The van der Waals surface area contributed by atoms with Crippen LogP contribution in [-0.2, 0) is 22.6 Å². The zero-order valence-electron chi connectivity index (χ0n) is 14.8. The van der Waals surface area contributed by atoms with Crippen molar-refractivity contribution in [2.24, 2.45) is 0 Å². The number of carbonyl (C=O) groups is 2. The molecule has 4 nitrogen and oxygen atoms in total. The third kappa shape index (κ3) is 5.66. The lowest BCUT2D eigenvalue weighted by Crippen LogP contribution is -2.24. The molecule has 2 aromatic carbocycles. The quantitative estimate of drug-likeness (QED) is 0.492. The van der Waals surface area contributed by atoms with Crippen LogP contribution in [0, 0.1) is 5.82 Å². The molecule has 0 heterocycles. The fourth-order valence-corrected chi connectivity index (χ4v) is 2.70. The minimum Gasteiger partial charge on any atom is -0.486 e. The van der Waals surface area contributed by atoms with Gasteiger partial charge in [0.1, 0.15) is 12.2 Å². The Hall–Kier alpha value is -2.21. The molecule has 0 saturated carbocycles. The van der Waals surface area contributed by atoms with Crippen LogP contribution < -0.4 is 4.74 Å². The first-order valence-corrected chi connectivity index (χ1v) is 8.84. The van der Waals surface area contributed by atoms with E-state index >= 15 is 0 Å². The molecule has 0 bridgehead atoms. The smallest absolute Gasteiger partial charge is 0.310 e. The SMILES string of the molecule is CC(C)(C)OC(=O)Cc1cccc(COc2ccc(Br)c(C=O)c2F)c1. The number of hydrogen-bond acceptors (Lipinski definition) is 4. The molecule has 0 spiro atoms. The van der Waals surface area contributed by atoms with E-state index < -0.39 is 11.4 Å². The number of carbonyl (C=O) groups excluding carboxylic acids is 2. The third-order valence-electron chi connectivity index (χ3n) is 3.36. The van der Waals surface area contributed by atoms with E-state index in [1.165, 1.54) is 6.07 Å². The first kappa shape index (κ1) is 20.1. The average Bonchev–Trinajstić information content (AvgIpc) is 2.53. The van der Waals surface area contributed by atoms with Crippen molar-refractivity contribution >= 4 is 28.2 Å². The summed E-state index contributed by atoms with van der Waals surface area (Å²) >= 11 is 3.12. The van der Waals surface area contributed by atoms with Crippen molar-refractivity contribution in [1.82, 2.24) is 0 Å². The van der Waals surface area contributed by atoms with E-state index in [9.17, 15) is 14.0 Å². The molecule has 0 amide bonds. The van der Waals surface area contributed by atoms with Crippen molar-refractivity contribution in [3.8, 4) is 5.75 Å². The first-order chi connectivity index (χ1) is 12.2. The summed E-state index contributed by atoms with van der Waals surface area (Å²) in [6, 6.07) is 10.3. The lowest BCUT2D eigenvalue weighted by molar-refractivity contribution is -0.153. The van der Waals surface area contributed by atoms with Gasteiger partial charge in [-0.3, -0.25) is 9.59 Å². The zero-order valence-corrected chi connectivity index (χ0v) is 16.4. The Kier molecular flexibility index (Phi) is 6.53. The molecular weight excluding hydrogens is 403 g/mol. The van der Waals surface area contributed by atoms with E-state index in [1.54, 1.807) is 18.2 Å². The summed E-state index contributed by atoms with van der Waals surface area (Å²) in [5.41, 5.74) is 0.945. The van der Waals surface area contributed by atoms with E-state index in [1.807, 2.05) is 32.9 Å². The van der Waals surface area contributed by atoms with Crippen LogP contribution >= 0.6 is 15.9 Å². The standard InChI is InChI=1S/C20H20BrFO4/c1-20(2,3)26-18(24)10-13-5-4-6-14(9-13)12-25-17-8-7-16(21)15(11-23)19(17)22/h4-9,11H,10,12H2,1-3H3. The monoisotopic (exact) mass is 422 g/mol. The van der Waals surface area contributed by atoms with E-state index in [4.69, 9.17) is 9.47 Å². The largest absolute Gasteiger partial charge is 0.486 e. The van der Waals surface area contributed by atoms with Gasteiger partial charge in [0.15, 0.2) is 17.9 Å². The second-order valence-electron chi connectivity index (χ2n) is 6.76. The molecule has 0 N–H and O–H groups in total. The number of aldehydes is 1. The maximum atomic E-state index is 14.2. The topological polar surface area (TPSA) is 52.6 Å². The molecule has 0 aliphatic heterocycles. The summed E-state index contributed by atoms with van der Waals surface area (Å²) in [5.74, 6) is -1.03. The number of hydrogen-bond donors (Lipinski definition) is 0. The van der Waals surface area contributed by atoms with Crippen molar-refractivity contribution in [3.63, 3.8) is 0 Å². The third-order valence-corrected chi connectivity index (χ3v) is 4.05. The molecule has 0 saturated heterocycles. The molecule has 0 fully saturated rings. The summed E-state index contributed by atoms with van der Waals surface area (Å²) in [4.78, 5) is 22.9. The molecule has 2 aromatic rings. The van der Waals surface area contributed by atoms with Crippen molar-refractivity contribution in [2.75, 3.05) is 0 Å². The highest BCUT2D eigenvalue weighted by molar-refractivity contribution is 9.10. The summed E-state index contributed by atoms with van der Waals surface area (Å²) in [7, 11) is 0. The lowest BCUT2D eigenvalue weighted by atomic mass is 10.1. The van der Waals surface area contributed by atoms with Crippen LogP contribution in [0.3, 0.4) is 0 Å². The van der Waals surface area contributed by atoms with Crippen LogP contribution in [0.25, 0.3) is 0 Å². The number of ether oxygens (including phenoxy) is 2. The fourth-order valence-electron chi connectivity index (χ4n) is 2.30. The van der Waals surface area contributed by atoms with Gasteiger partial charge in [0.2, 0.25) is 0 Å². The summed E-state index contributed by atoms with van der Waals surface area (Å²) in [6.45, 7) is 5.56. The van der Waals surface area contributed by atoms with Crippen LogP contribution in [0.5, 0.6) is 5.75 Å². The molecule has 0 atom stereocenters. The van der Waals surface area contributed by atoms with Crippen molar-refractivity contribution in [2.45, 2.75) is 39.4 Å². The average molecular weight is 423 g/mol. The summed E-state index contributed by atoms with van der Waals surface area (Å²) < 4.78 is 25.4. The Labute approximate surface area is 160 Å². The Morgan fingerprint density at radius 2 is 1.88 bits per heavy atom. The summed E-state index contributed by atoms with van der Waals surface area (Å²) in [6.07, 6.45) is 0.584. The predicted molar refractivity (Wildman–Crippen MR) is 99.8 cm³/mol. The predicted octanol–water partition coefficient (Wildman–Crippen LogP) is 4.86. The molecule has 6 heteroatoms. The Morgan fingerprint density at radius 3 is 2.54 bits per heavy atom. The molecule has 0 radical (unpaired) electrons. The Balaban J connectivity index is 2.05. The molecule has 0 aliphatic carbocycles. The number of rotatable bonds is 6. The second kappa shape index (κ2) is 8.45. The van der Waals surface area contributed by atoms with Gasteiger partial charge < -0.3 is 9.47 Å². The molecular formula is C20H20BrFO4. The van der Waals surface area contributed by atoms with Gasteiger partial charge >= 0.3 is 5.97 Å². The van der Waals surface area contributed by atoms with Crippen molar-refractivity contribution in [3.05, 3.63) is 63.4 Å². The van der Waals surface area contributed by atoms with E-state index in [0.29, 0.717) is 10.8 Å². The van der Waals surface area contributed by atoms with Crippen LogP contribution in [-0.4, -0.2) is 17.9 Å². The van der Waals surface area contributed by atoms with Crippen molar-refractivity contribution < 1.29 is 23.5 Å². The van der Waals surface area contributed by atoms with Gasteiger partial charge in [-0.05, 0) is 60.0 Å². The highest BCUT2D eigenvalue weighted by Gasteiger charge is 2.17.